The van der Waals surface area contributed by atoms with Crippen molar-refractivity contribution in [2.75, 3.05) is 25.1 Å². The summed E-state index contributed by atoms with van der Waals surface area (Å²) in [5.74, 6) is 5.82. The lowest BCUT2D eigenvalue weighted by atomic mass is 10.1. The first-order chi connectivity index (χ1) is 8.65. The first-order valence-corrected chi connectivity index (χ1v) is 7.24. The molecule has 96 valence electrons. The molecule has 5 heteroatoms. The lowest BCUT2D eigenvalue weighted by Crippen LogP contribution is -2.28. The van der Waals surface area contributed by atoms with Crippen molar-refractivity contribution in [2.24, 2.45) is 5.73 Å². The summed E-state index contributed by atoms with van der Waals surface area (Å²) >= 11 is 0. The van der Waals surface area contributed by atoms with E-state index in [2.05, 4.69) is 17.2 Å². The fourth-order valence-electron chi connectivity index (χ4n) is 1.34. The van der Waals surface area contributed by atoms with Crippen LogP contribution in [0.25, 0.3) is 0 Å². The molecule has 0 aliphatic heterocycles. The van der Waals surface area contributed by atoms with E-state index in [4.69, 9.17) is 5.73 Å². The molecule has 1 atom stereocenters. The van der Waals surface area contributed by atoms with Crippen LogP contribution in [0.15, 0.2) is 24.3 Å². The molecule has 1 amide bonds. The van der Waals surface area contributed by atoms with Crippen LogP contribution in [0.3, 0.4) is 0 Å². The van der Waals surface area contributed by atoms with E-state index >= 15 is 0 Å². The second-order valence-corrected chi connectivity index (χ2v) is 5.14. The van der Waals surface area contributed by atoms with E-state index in [9.17, 15) is 9.00 Å². The van der Waals surface area contributed by atoms with Crippen molar-refractivity contribution < 1.29 is 9.00 Å². The Balaban J connectivity index is 2.75. The van der Waals surface area contributed by atoms with Crippen molar-refractivity contribution in [3.63, 3.8) is 0 Å². The first-order valence-electron chi connectivity index (χ1n) is 5.51. The SMILES string of the molecule is CS(=O)CCNC(=O)c1ccccc1C#CCN. The van der Waals surface area contributed by atoms with Crippen molar-refractivity contribution in [2.45, 2.75) is 0 Å². The summed E-state index contributed by atoms with van der Waals surface area (Å²) in [5, 5.41) is 2.72. The minimum Gasteiger partial charge on any atom is -0.351 e. The maximum Gasteiger partial charge on any atom is 0.252 e. The molecule has 0 saturated heterocycles. The Hall–Kier alpha value is -1.64. The second-order valence-electron chi connectivity index (χ2n) is 3.58. The van der Waals surface area contributed by atoms with Crippen molar-refractivity contribution >= 4 is 16.7 Å². The van der Waals surface area contributed by atoms with Gasteiger partial charge in [0.2, 0.25) is 0 Å². The van der Waals surface area contributed by atoms with E-state index < -0.39 is 10.8 Å². The van der Waals surface area contributed by atoms with Crippen molar-refractivity contribution in [3.8, 4) is 11.8 Å². The molecule has 0 aliphatic carbocycles. The van der Waals surface area contributed by atoms with E-state index in [1.165, 1.54) is 0 Å². The third kappa shape index (κ3) is 4.70. The lowest BCUT2D eigenvalue weighted by Gasteiger charge is -2.05. The van der Waals surface area contributed by atoms with Crippen LogP contribution < -0.4 is 11.1 Å². The quantitative estimate of drug-likeness (QED) is 0.758. The van der Waals surface area contributed by atoms with Crippen LogP contribution in [0.4, 0.5) is 0 Å². The summed E-state index contributed by atoms with van der Waals surface area (Å²) in [4.78, 5) is 11.9. The van der Waals surface area contributed by atoms with E-state index in [1.54, 1.807) is 24.5 Å². The molecule has 1 unspecified atom stereocenters. The fourth-order valence-corrected chi connectivity index (χ4v) is 1.73. The number of amides is 1. The summed E-state index contributed by atoms with van der Waals surface area (Å²) in [6.07, 6.45) is 1.60. The molecule has 3 N–H and O–H groups in total. The highest BCUT2D eigenvalue weighted by Gasteiger charge is 2.08. The third-order valence-corrected chi connectivity index (χ3v) is 2.95. The number of hydrogen-bond acceptors (Lipinski definition) is 3. The van der Waals surface area contributed by atoms with Gasteiger partial charge in [0.15, 0.2) is 0 Å². The van der Waals surface area contributed by atoms with Crippen LogP contribution in [0.5, 0.6) is 0 Å². The van der Waals surface area contributed by atoms with Gasteiger partial charge in [-0.1, -0.05) is 24.0 Å². The summed E-state index contributed by atoms with van der Waals surface area (Å²) < 4.78 is 10.9. The van der Waals surface area contributed by atoms with Gasteiger partial charge < -0.3 is 11.1 Å². The second kappa shape index (κ2) is 7.64. The third-order valence-electron chi connectivity index (χ3n) is 2.17. The molecule has 0 spiro atoms. The summed E-state index contributed by atoms with van der Waals surface area (Å²) in [6.45, 7) is 0.644. The van der Waals surface area contributed by atoms with Gasteiger partial charge in [-0.15, -0.1) is 0 Å². The molecular formula is C13H16N2O2S. The topological polar surface area (TPSA) is 72.2 Å². The van der Waals surface area contributed by atoms with Crippen LogP contribution >= 0.6 is 0 Å². The standard InChI is InChI=1S/C13H16N2O2S/c1-18(17)10-9-15-13(16)12-7-3-2-5-11(12)6-4-8-14/h2-3,5,7H,8-10,14H2,1H3,(H,15,16). The van der Waals surface area contributed by atoms with Crippen molar-refractivity contribution in [3.05, 3.63) is 35.4 Å². The Bertz CT molecular complexity index is 503. The number of nitrogens with one attached hydrogen (secondary N) is 1. The van der Waals surface area contributed by atoms with Crippen LogP contribution in [-0.2, 0) is 10.8 Å². The number of carbonyl (C=O) groups is 1. The Labute approximate surface area is 109 Å². The molecule has 4 nitrogen and oxygen atoms in total. The van der Waals surface area contributed by atoms with Crippen molar-refractivity contribution in [1.29, 1.82) is 0 Å². The maximum absolute atomic E-state index is 11.9. The molecule has 0 heterocycles. The molecule has 0 aromatic heterocycles. The Morgan fingerprint density at radius 2 is 2.17 bits per heavy atom. The van der Waals surface area contributed by atoms with Gasteiger partial charge >= 0.3 is 0 Å². The predicted molar refractivity (Wildman–Crippen MR) is 73.6 cm³/mol. The number of rotatable bonds is 4. The smallest absolute Gasteiger partial charge is 0.252 e. The molecule has 1 aromatic rings. The maximum atomic E-state index is 11.9. The van der Waals surface area contributed by atoms with Gasteiger partial charge in [0.25, 0.3) is 5.91 Å². The molecule has 0 radical (unpaired) electrons. The van der Waals surface area contributed by atoms with Gasteiger partial charge in [0.1, 0.15) is 0 Å². The van der Waals surface area contributed by atoms with Crippen molar-refractivity contribution in [1.82, 2.24) is 5.32 Å². The molecular weight excluding hydrogens is 248 g/mol. The van der Waals surface area contributed by atoms with Gasteiger partial charge in [-0.05, 0) is 12.1 Å². The zero-order valence-corrected chi connectivity index (χ0v) is 11.0. The van der Waals surface area contributed by atoms with Crippen LogP contribution in [0.2, 0.25) is 0 Å². The normalized spacial score (nSPS) is 11.2. The molecule has 18 heavy (non-hydrogen) atoms. The number of nitrogens with two attached hydrogens (primary N) is 1. The highest BCUT2D eigenvalue weighted by atomic mass is 32.2. The fraction of sp³-hybridized carbons (Fsp3) is 0.308. The lowest BCUT2D eigenvalue weighted by molar-refractivity contribution is 0.0956. The Morgan fingerprint density at radius 3 is 2.83 bits per heavy atom. The molecule has 0 fully saturated rings. The van der Waals surface area contributed by atoms with Gasteiger partial charge in [-0.25, -0.2) is 0 Å². The zero-order valence-electron chi connectivity index (χ0n) is 10.2. The summed E-state index contributed by atoms with van der Waals surface area (Å²) in [5.41, 5.74) is 6.47. The Kier molecular flexibility index (Phi) is 6.12. The molecule has 1 rings (SSSR count). The molecule has 0 saturated carbocycles. The van der Waals surface area contributed by atoms with Crippen LogP contribution in [0, 0.1) is 11.8 Å². The number of hydrogen-bond donors (Lipinski definition) is 2. The highest BCUT2D eigenvalue weighted by molar-refractivity contribution is 7.84. The van der Waals surface area contributed by atoms with Crippen LogP contribution in [0.1, 0.15) is 15.9 Å². The number of carbonyl (C=O) groups excluding carboxylic acids is 1. The van der Waals surface area contributed by atoms with Gasteiger partial charge in [0, 0.05) is 34.9 Å². The van der Waals surface area contributed by atoms with E-state index in [-0.39, 0.29) is 12.5 Å². The number of benzene rings is 1. The van der Waals surface area contributed by atoms with Gasteiger partial charge in [-0.2, -0.15) is 0 Å². The minimum absolute atomic E-state index is 0.206. The van der Waals surface area contributed by atoms with E-state index in [0.717, 1.165) is 0 Å². The predicted octanol–water partition coefficient (Wildman–Crippen LogP) is 0.105. The van der Waals surface area contributed by atoms with E-state index in [1.807, 2.05) is 6.07 Å². The van der Waals surface area contributed by atoms with Gasteiger partial charge in [-0.3, -0.25) is 9.00 Å². The monoisotopic (exact) mass is 264 g/mol. The average molecular weight is 264 g/mol. The molecule has 0 aliphatic rings. The zero-order chi connectivity index (χ0) is 13.4. The Morgan fingerprint density at radius 1 is 1.44 bits per heavy atom. The molecule has 0 bridgehead atoms. The van der Waals surface area contributed by atoms with E-state index in [0.29, 0.717) is 23.4 Å². The summed E-state index contributed by atoms with van der Waals surface area (Å²) in [6, 6.07) is 7.08. The first kappa shape index (κ1) is 14.4. The largest absolute Gasteiger partial charge is 0.351 e. The minimum atomic E-state index is -0.908. The van der Waals surface area contributed by atoms with Crippen LogP contribution in [-0.4, -0.2) is 35.2 Å². The van der Waals surface area contributed by atoms with Gasteiger partial charge in [0.05, 0.1) is 12.1 Å². The molecule has 1 aromatic carbocycles. The highest BCUT2D eigenvalue weighted by Crippen LogP contribution is 2.06. The summed E-state index contributed by atoms with van der Waals surface area (Å²) in [7, 11) is -0.908. The average Bonchev–Trinajstić information content (AvgIpc) is 2.36.